The van der Waals surface area contributed by atoms with Gasteiger partial charge in [0.15, 0.2) is 11.9 Å². The summed E-state index contributed by atoms with van der Waals surface area (Å²) in [5.41, 5.74) is -0.544. The van der Waals surface area contributed by atoms with Gasteiger partial charge in [-0.3, -0.25) is 0 Å². The number of hydrogen-bond acceptors (Lipinski definition) is 7. The molecule has 26 heavy (non-hydrogen) atoms. The van der Waals surface area contributed by atoms with Crippen LogP contribution in [0.25, 0.3) is 0 Å². The minimum Gasteiger partial charge on any atom is -0.449 e. The molecule has 2 rings (SSSR count). The number of rotatable bonds is 4. The fourth-order valence-corrected chi connectivity index (χ4v) is 3.28. The highest BCUT2D eigenvalue weighted by atomic mass is 35.5. The molecule has 1 heterocycles. The molecule has 0 aliphatic rings. The van der Waals surface area contributed by atoms with Crippen molar-refractivity contribution < 1.29 is 22.5 Å². The van der Waals surface area contributed by atoms with Gasteiger partial charge in [0, 0.05) is 5.41 Å². The average Bonchev–Trinajstić information content (AvgIpc) is 2.95. The zero-order chi connectivity index (χ0) is 19.9. The van der Waals surface area contributed by atoms with Crippen molar-refractivity contribution in [3.8, 4) is 0 Å². The van der Waals surface area contributed by atoms with Crippen LogP contribution < -0.4 is 5.14 Å². The predicted octanol–water partition coefficient (Wildman–Crippen LogP) is 3.24. The maximum Gasteiger partial charge on any atom is 0.340 e. The first-order valence-corrected chi connectivity index (χ1v) is 9.68. The third-order valence-corrected chi connectivity index (χ3v) is 4.98. The van der Waals surface area contributed by atoms with Gasteiger partial charge in [-0.05, 0) is 19.1 Å². The van der Waals surface area contributed by atoms with Crippen molar-refractivity contribution in [3.63, 3.8) is 0 Å². The number of ether oxygens (including phenoxy) is 1. The van der Waals surface area contributed by atoms with Crippen LogP contribution in [0.2, 0.25) is 10.0 Å². The van der Waals surface area contributed by atoms with Crippen LogP contribution in [0.3, 0.4) is 0 Å². The molecule has 2 N–H and O–H groups in total. The molecule has 0 saturated heterocycles. The van der Waals surface area contributed by atoms with Gasteiger partial charge in [-0.25, -0.2) is 18.4 Å². The molecule has 142 valence electrons. The third kappa shape index (κ3) is 4.53. The average molecular weight is 422 g/mol. The highest BCUT2D eigenvalue weighted by Crippen LogP contribution is 2.30. The summed E-state index contributed by atoms with van der Waals surface area (Å²) in [6, 6.07) is 2.07. The molecule has 0 aliphatic heterocycles. The van der Waals surface area contributed by atoms with Gasteiger partial charge in [-0.2, -0.15) is 4.98 Å². The molecule has 1 atom stereocenters. The lowest BCUT2D eigenvalue weighted by molar-refractivity contribution is 0.0265. The van der Waals surface area contributed by atoms with E-state index in [4.69, 9.17) is 37.6 Å². The lowest BCUT2D eigenvalue weighted by atomic mass is 9.96. The fourth-order valence-electron chi connectivity index (χ4n) is 1.88. The van der Waals surface area contributed by atoms with Crippen molar-refractivity contribution in [3.05, 3.63) is 39.5 Å². The monoisotopic (exact) mass is 421 g/mol. The largest absolute Gasteiger partial charge is 0.449 e. The van der Waals surface area contributed by atoms with E-state index in [0.717, 1.165) is 12.1 Å². The van der Waals surface area contributed by atoms with Crippen molar-refractivity contribution in [2.24, 2.45) is 5.14 Å². The molecule has 11 heteroatoms. The van der Waals surface area contributed by atoms with Crippen molar-refractivity contribution in [1.82, 2.24) is 10.1 Å². The highest BCUT2D eigenvalue weighted by molar-refractivity contribution is 7.89. The number of halogens is 2. The Bertz CT molecular complexity index is 951. The molecule has 0 unspecified atom stereocenters. The summed E-state index contributed by atoms with van der Waals surface area (Å²) in [7, 11) is -4.14. The SMILES string of the molecule is C[C@H](OC(=O)c1cc(S(N)(=O)=O)c(Cl)cc1Cl)c1nc(C(C)(C)C)no1. The third-order valence-electron chi connectivity index (χ3n) is 3.29. The number of hydrogen-bond donors (Lipinski definition) is 1. The molecule has 0 radical (unpaired) electrons. The van der Waals surface area contributed by atoms with Crippen LogP contribution in [-0.2, 0) is 20.2 Å². The zero-order valence-corrected chi connectivity index (χ0v) is 16.7. The molecule has 0 bridgehead atoms. The smallest absolute Gasteiger partial charge is 0.340 e. The second-order valence-electron chi connectivity index (χ2n) is 6.56. The normalized spacial score (nSPS) is 13.5. The predicted molar refractivity (Wildman–Crippen MR) is 94.7 cm³/mol. The standard InChI is InChI=1S/C15H17Cl2N3O5S/c1-7(12-19-14(20-25-12)15(2,3)4)24-13(21)8-5-11(26(18,22)23)10(17)6-9(8)16/h5-7H,1-4H3,(H2,18,22,23)/t7-/m0/s1. The Hall–Kier alpha value is -1.68. The Balaban J connectivity index is 2.28. The number of carbonyl (C=O) groups is 1. The van der Waals surface area contributed by atoms with E-state index in [1.165, 1.54) is 6.92 Å². The van der Waals surface area contributed by atoms with E-state index in [1.807, 2.05) is 20.8 Å². The van der Waals surface area contributed by atoms with Crippen LogP contribution in [0.5, 0.6) is 0 Å². The molecule has 0 saturated carbocycles. The van der Waals surface area contributed by atoms with E-state index >= 15 is 0 Å². The molecule has 0 spiro atoms. The summed E-state index contributed by atoms with van der Waals surface area (Å²) in [6.45, 7) is 7.24. The Morgan fingerprint density at radius 1 is 1.27 bits per heavy atom. The summed E-state index contributed by atoms with van der Waals surface area (Å²) in [4.78, 5) is 16.1. The number of nitrogens with zero attached hydrogens (tertiary/aromatic N) is 2. The van der Waals surface area contributed by atoms with Crippen molar-refractivity contribution in [1.29, 1.82) is 0 Å². The second-order valence-corrected chi connectivity index (χ2v) is 8.91. The van der Waals surface area contributed by atoms with E-state index in [0.29, 0.717) is 5.82 Å². The summed E-state index contributed by atoms with van der Waals surface area (Å²) in [5, 5.41) is 8.64. The molecule has 1 aromatic heterocycles. The first-order chi connectivity index (χ1) is 11.8. The fraction of sp³-hybridized carbons (Fsp3) is 0.400. The Labute approximate surface area is 160 Å². The van der Waals surface area contributed by atoms with Crippen LogP contribution in [0.1, 0.15) is 55.9 Å². The lowest BCUT2D eigenvalue weighted by Gasteiger charge is -2.12. The Kier molecular flexibility index (Phi) is 5.67. The van der Waals surface area contributed by atoms with Crippen molar-refractivity contribution >= 4 is 39.2 Å². The number of primary sulfonamides is 1. The highest BCUT2D eigenvalue weighted by Gasteiger charge is 2.27. The second kappa shape index (κ2) is 7.15. The number of aromatic nitrogens is 2. The van der Waals surface area contributed by atoms with Crippen LogP contribution in [-0.4, -0.2) is 24.5 Å². The van der Waals surface area contributed by atoms with Crippen LogP contribution >= 0.6 is 23.2 Å². The topological polar surface area (TPSA) is 125 Å². The molecule has 2 aromatic rings. The van der Waals surface area contributed by atoms with Crippen molar-refractivity contribution in [2.75, 3.05) is 0 Å². The van der Waals surface area contributed by atoms with Crippen LogP contribution in [0.15, 0.2) is 21.6 Å². The first kappa shape index (κ1) is 20.6. The molecule has 1 aromatic carbocycles. The summed E-state index contributed by atoms with van der Waals surface area (Å²) >= 11 is 11.8. The van der Waals surface area contributed by atoms with Crippen LogP contribution in [0.4, 0.5) is 0 Å². The number of nitrogens with two attached hydrogens (primary N) is 1. The molecular formula is C15H17Cl2N3O5S. The molecular weight excluding hydrogens is 405 g/mol. The van der Waals surface area contributed by atoms with Gasteiger partial charge in [0.25, 0.3) is 5.89 Å². The van der Waals surface area contributed by atoms with Gasteiger partial charge in [-0.1, -0.05) is 49.1 Å². The van der Waals surface area contributed by atoms with E-state index in [-0.39, 0.29) is 26.9 Å². The number of sulfonamides is 1. The maximum atomic E-state index is 12.4. The van der Waals surface area contributed by atoms with Gasteiger partial charge in [-0.15, -0.1) is 0 Å². The number of benzene rings is 1. The Morgan fingerprint density at radius 2 is 1.88 bits per heavy atom. The lowest BCUT2D eigenvalue weighted by Crippen LogP contribution is -2.16. The van der Waals surface area contributed by atoms with Gasteiger partial charge >= 0.3 is 5.97 Å². The number of esters is 1. The summed E-state index contributed by atoms with van der Waals surface area (Å²) in [6.07, 6.45) is -0.879. The van der Waals surface area contributed by atoms with E-state index in [1.54, 1.807) is 0 Å². The van der Waals surface area contributed by atoms with E-state index in [9.17, 15) is 13.2 Å². The zero-order valence-electron chi connectivity index (χ0n) is 14.4. The maximum absolute atomic E-state index is 12.4. The van der Waals surface area contributed by atoms with E-state index in [2.05, 4.69) is 10.1 Å². The summed E-state index contributed by atoms with van der Waals surface area (Å²) < 4.78 is 33.4. The summed E-state index contributed by atoms with van der Waals surface area (Å²) in [5.74, 6) is -0.337. The van der Waals surface area contributed by atoms with Gasteiger partial charge < -0.3 is 9.26 Å². The molecule has 0 fully saturated rings. The van der Waals surface area contributed by atoms with E-state index < -0.39 is 27.0 Å². The minimum absolute atomic E-state index is 0.0829. The molecule has 8 nitrogen and oxygen atoms in total. The van der Waals surface area contributed by atoms with Gasteiger partial charge in [0.2, 0.25) is 10.0 Å². The van der Waals surface area contributed by atoms with Crippen molar-refractivity contribution in [2.45, 2.75) is 44.1 Å². The van der Waals surface area contributed by atoms with Crippen LogP contribution in [0, 0.1) is 0 Å². The van der Waals surface area contributed by atoms with Gasteiger partial charge in [0.05, 0.1) is 15.6 Å². The minimum atomic E-state index is -4.14. The van der Waals surface area contributed by atoms with Gasteiger partial charge in [0.1, 0.15) is 4.90 Å². The molecule has 0 aliphatic carbocycles. The quantitative estimate of drug-likeness (QED) is 0.750. The number of carbonyl (C=O) groups excluding carboxylic acids is 1. The first-order valence-electron chi connectivity index (χ1n) is 7.37. The molecule has 0 amide bonds. The Morgan fingerprint density at radius 3 is 2.38 bits per heavy atom.